The third-order valence-corrected chi connectivity index (χ3v) is 2.65. The summed E-state index contributed by atoms with van der Waals surface area (Å²) in [6, 6.07) is 6.35. The topological polar surface area (TPSA) is 41.6 Å². The molecule has 0 radical (unpaired) electrons. The number of hydrogen-bond donors (Lipinski definition) is 1. The first-order chi connectivity index (χ1) is 7.70. The SMILES string of the molecule is CCCc1nc(-c2cc(C)ccc2C)n[nH]1. The van der Waals surface area contributed by atoms with Gasteiger partial charge in [-0.25, -0.2) is 4.98 Å². The summed E-state index contributed by atoms with van der Waals surface area (Å²) in [7, 11) is 0. The Morgan fingerprint density at radius 2 is 2.06 bits per heavy atom. The summed E-state index contributed by atoms with van der Waals surface area (Å²) in [6.07, 6.45) is 2.04. The molecule has 0 aliphatic heterocycles. The monoisotopic (exact) mass is 215 g/mol. The minimum absolute atomic E-state index is 0.810. The molecule has 16 heavy (non-hydrogen) atoms. The Hall–Kier alpha value is -1.64. The zero-order chi connectivity index (χ0) is 11.5. The number of aryl methyl sites for hydroxylation is 3. The van der Waals surface area contributed by atoms with Crippen molar-refractivity contribution in [1.82, 2.24) is 15.2 Å². The molecule has 1 aromatic carbocycles. The fourth-order valence-electron chi connectivity index (χ4n) is 1.74. The second kappa shape index (κ2) is 4.47. The molecule has 2 rings (SSSR count). The lowest BCUT2D eigenvalue weighted by Crippen LogP contribution is -1.88. The number of aromatic amines is 1. The number of rotatable bonds is 3. The van der Waals surface area contributed by atoms with Crippen LogP contribution >= 0.6 is 0 Å². The van der Waals surface area contributed by atoms with E-state index in [4.69, 9.17) is 0 Å². The Balaban J connectivity index is 2.38. The third-order valence-electron chi connectivity index (χ3n) is 2.65. The van der Waals surface area contributed by atoms with E-state index in [0.29, 0.717) is 0 Å². The molecular weight excluding hydrogens is 198 g/mol. The van der Waals surface area contributed by atoms with E-state index in [1.165, 1.54) is 11.1 Å². The van der Waals surface area contributed by atoms with Gasteiger partial charge in [0.05, 0.1) is 0 Å². The number of aromatic nitrogens is 3. The van der Waals surface area contributed by atoms with E-state index in [1.54, 1.807) is 0 Å². The summed E-state index contributed by atoms with van der Waals surface area (Å²) in [5.41, 5.74) is 3.58. The minimum atomic E-state index is 0.810. The molecule has 1 N–H and O–H groups in total. The molecule has 0 saturated carbocycles. The molecule has 84 valence electrons. The average Bonchev–Trinajstić information content (AvgIpc) is 2.71. The van der Waals surface area contributed by atoms with Crippen LogP contribution in [0.4, 0.5) is 0 Å². The highest BCUT2D eigenvalue weighted by atomic mass is 15.2. The standard InChI is InChI=1S/C13H17N3/c1-4-5-12-14-13(16-15-12)11-8-9(2)6-7-10(11)3/h6-8H,4-5H2,1-3H3,(H,14,15,16). The van der Waals surface area contributed by atoms with Crippen molar-refractivity contribution in [3.05, 3.63) is 35.2 Å². The molecule has 0 fully saturated rings. The first-order valence-corrected chi connectivity index (χ1v) is 5.69. The highest BCUT2D eigenvalue weighted by Gasteiger charge is 2.08. The van der Waals surface area contributed by atoms with Gasteiger partial charge in [-0.2, -0.15) is 5.10 Å². The fourth-order valence-corrected chi connectivity index (χ4v) is 1.74. The highest BCUT2D eigenvalue weighted by Crippen LogP contribution is 2.21. The van der Waals surface area contributed by atoms with E-state index in [2.05, 4.69) is 54.2 Å². The molecule has 1 heterocycles. The quantitative estimate of drug-likeness (QED) is 0.855. The lowest BCUT2D eigenvalue weighted by Gasteiger charge is -2.02. The Morgan fingerprint density at radius 1 is 1.25 bits per heavy atom. The van der Waals surface area contributed by atoms with Crippen LogP contribution in [-0.4, -0.2) is 15.2 Å². The predicted octanol–water partition coefficient (Wildman–Crippen LogP) is 3.04. The van der Waals surface area contributed by atoms with Crippen molar-refractivity contribution in [1.29, 1.82) is 0 Å². The first-order valence-electron chi connectivity index (χ1n) is 5.69. The van der Waals surface area contributed by atoms with Gasteiger partial charge in [0, 0.05) is 12.0 Å². The van der Waals surface area contributed by atoms with Gasteiger partial charge in [-0.3, -0.25) is 5.10 Å². The molecule has 0 bridgehead atoms. The first kappa shape index (κ1) is 10.9. The summed E-state index contributed by atoms with van der Waals surface area (Å²) in [4.78, 5) is 4.51. The zero-order valence-electron chi connectivity index (χ0n) is 10.0. The van der Waals surface area contributed by atoms with Gasteiger partial charge >= 0.3 is 0 Å². The maximum Gasteiger partial charge on any atom is 0.181 e. The Bertz CT molecular complexity index is 486. The third kappa shape index (κ3) is 2.13. The highest BCUT2D eigenvalue weighted by molar-refractivity contribution is 5.60. The molecule has 0 saturated heterocycles. The molecule has 1 aromatic heterocycles. The van der Waals surface area contributed by atoms with Crippen LogP contribution in [-0.2, 0) is 6.42 Å². The van der Waals surface area contributed by atoms with Gasteiger partial charge in [-0.15, -0.1) is 0 Å². The molecule has 0 unspecified atom stereocenters. The summed E-state index contributed by atoms with van der Waals surface area (Å²) in [5, 5.41) is 7.26. The normalized spacial score (nSPS) is 10.7. The van der Waals surface area contributed by atoms with Gasteiger partial charge in [0.2, 0.25) is 0 Å². The van der Waals surface area contributed by atoms with E-state index in [-0.39, 0.29) is 0 Å². The van der Waals surface area contributed by atoms with E-state index in [1.807, 2.05) is 0 Å². The van der Waals surface area contributed by atoms with Crippen LogP contribution in [0.25, 0.3) is 11.4 Å². The van der Waals surface area contributed by atoms with Crippen LogP contribution in [0, 0.1) is 13.8 Å². The van der Waals surface area contributed by atoms with Crippen LogP contribution < -0.4 is 0 Å². The van der Waals surface area contributed by atoms with Crippen LogP contribution in [0.2, 0.25) is 0 Å². The summed E-state index contributed by atoms with van der Waals surface area (Å²) in [5.74, 6) is 1.78. The Labute approximate surface area is 95.9 Å². The van der Waals surface area contributed by atoms with Crippen molar-refractivity contribution >= 4 is 0 Å². The molecule has 3 heteroatoms. The second-order valence-electron chi connectivity index (χ2n) is 4.17. The predicted molar refractivity (Wildman–Crippen MR) is 65.3 cm³/mol. The van der Waals surface area contributed by atoms with Gasteiger partial charge in [0.15, 0.2) is 5.82 Å². The minimum Gasteiger partial charge on any atom is -0.263 e. The van der Waals surface area contributed by atoms with Gasteiger partial charge in [0.25, 0.3) is 0 Å². The number of hydrogen-bond acceptors (Lipinski definition) is 2. The molecule has 0 amide bonds. The average molecular weight is 215 g/mol. The Kier molecular flexibility index (Phi) is 3.04. The smallest absolute Gasteiger partial charge is 0.181 e. The van der Waals surface area contributed by atoms with Gasteiger partial charge in [0.1, 0.15) is 5.82 Å². The molecule has 0 spiro atoms. The van der Waals surface area contributed by atoms with E-state index >= 15 is 0 Å². The van der Waals surface area contributed by atoms with Crippen molar-refractivity contribution in [3.8, 4) is 11.4 Å². The lowest BCUT2D eigenvalue weighted by atomic mass is 10.1. The lowest BCUT2D eigenvalue weighted by molar-refractivity contribution is 0.841. The van der Waals surface area contributed by atoms with Crippen LogP contribution in [0.1, 0.15) is 30.3 Å². The van der Waals surface area contributed by atoms with Crippen molar-refractivity contribution in [2.75, 3.05) is 0 Å². The maximum absolute atomic E-state index is 4.51. The number of nitrogens with one attached hydrogen (secondary N) is 1. The largest absolute Gasteiger partial charge is 0.263 e. The van der Waals surface area contributed by atoms with Gasteiger partial charge < -0.3 is 0 Å². The number of nitrogens with zero attached hydrogens (tertiary/aromatic N) is 2. The van der Waals surface area contributed by atoms with Crippen molar-refractivity contribution in [2.24, 2.45) is 0 Å². The van der Waals surface area contributed by atoms with Crippen LogP contribution in [0.5, 0.6) is 0 Å². The molecule has 0 aliphatic carbocycles. The van der Waals surface area contributed by atoms with E-state index in [9.17, 15) is 0 Å². The summed E-state index contributed by atoms with van der Waals surface area (Å²) >= 11 is 0. The molecule has 0 atom stereocenters. The molecule has 0 aliphatic rings. The van der Waals surface area contributed by atoms with Gasteiger partial charge in [-0.05, 0) is 31.9 Å². The van der Waals surface area contributed by atoms with Crippen molar-refractivity contribution in [2.45, 2.75) is 33.6 Å². The summed E-state index contributed by atoms with van der Waals surface area (Å²) < 4.78 is 0. The summed E-state index contributed by atoms with van der Waals surface area (Å²) in [6.45, 7) is 6.31. The van der Waals surface area contributed by atoms with Crippen molar-refractivity contribution < 1.29 is 0 Å². The molecule has 3 nitrogen and oxygen atoms in total. The van der Waals surface area contributed by atoms with Crippen LogP contribution in [0.3, 0.4) is 0 Å². The molecular formula is C13H17N3. The number of H-pyrrole nitrogens is 1. The maximum atomic E-state index is 4.51. The van der Waals surface area contributed by atoms with E-state index < -0.39 is 0 Å². The number of benzene rings is 1. The molecule has 2 aromatic rings. The van der Waals surface area contributed by atoms with E-state index in [0.717, 1.165) is 30.1 Å². The zero-order valence-corrected chi connectivity index (χ0v) is 10.0. The van der Waals surface area contributed by atoms with Crippen molar-refractivity contribution in [3.63, 3.8) is 0 Å². The second-order valence-corrected chi connectivity index (χ2v) is 4.17. The van der Waals surface area contributed by atoms with Gasteiger partial charge in [-0.1, -0.05) is 24.6 Å². The Morgan fingerprint density at radius 3 is 2.81 bits per heavy atom. The van der Waals surface area contributed by atoms with Crippen LogP contribution in [0.15, 0.2) is 18.2 Å². The fraction of sp³-hybridized carbons (Fsp3) is 0.385.